The molecule has 0 spiro atoms. The van der Waals surface area contributed by atoms with E-state index in [1.807, 2.05) is 31.2 Å². The molecule has 0 amide bonds. The Hall–Kier alpha value is -0.570. The monoisotopic (exact) mass is 226 g/mol. The van der Waals surface area contributed by atoms with Gasteiger partial charge in [0.05, 0.1) is 12.7 Å². The van der Waals surface area contributed by atoms with Crippen LogP contribution in [0.4, 0.5) is 0 Å². The second kappa shape index (κ2) is 3.78. The lowest BCUT2D eigenvalue weighted by Crippen LogP contribution is -2.57. The largest absolute Gasteiger partial charge is 0.393 e. The van der Waals surface area contributed by atoms with Crippen molar-refractivity contribution in [3.05, 3.63) is 34.9 Å². The van der Waals surface area contributed by atoms with Gasteiger partial charge in [0.15, 0.2) is 0 Å². The molecule has 1 N–H and O–H groups in total. The highest BCUT2D eigenvalue weighted by molar-refractivity contribution is 6.30. The third-order valence-electron chi connectivity index (χ3n) is 3.40. The molecule has 1 saturated heterocycles. The normalized spacial score (nSPS) is 34.9. The van der Waals surface area contributed by atoms with E-state index in [-0.39, 0.29) is 12.7 Å². The molecule has 3 atom stereocenters. The first kappa shape index (κ1) is 10.9. The van der Waals surface area contributed by atoms with Gasteiger partial charge in [-0.25, -0.2) is 0 Å². The first-order valence-corrected chi connectivity index (χ1v) is 5.52. The molecule has 1 aromatic carbocycles. The molecule has 2 rings (SSSR count). The maximum atomic E-state index is 9.49. The van der Waals surface area contributed by atoms with E-state index in [0.29, 0.717) is 10.9 Å². The van der Waals surface area contributed by atoms with Crippen LogP contribution >= 0.6 is 11.6 Å². The molecule has 2 nitrogen and oxygen atoms in total. The van der Waals surface area contributed by atoms with Crippen LogP contribution < -0.4 is 0 Å². The topological polar surface area (TPSA) is 29.5 Å². The molecule has 82 valence electrons. The molecule has 1 aliphatic heterocycles. The van der Waals surface area contributed by atoms with Crippen molar-refractivity contribution in [2.45, 2.75) is 25.6 Å². The lowest BCUT2D eigenvalue weighted by molar-refractivity contribution is -0.270. The van der Waals surface area contributed by atoms with Crippen molar-refractivity contribution in [3.8, 4) is 0 Å². The van der Waals surface area contributed by atoms with Gasteiger partial charge in [-0.15, -0.1) is 0 Å². The number of aliphatic hydroxyl groups is 1. The molecule has 1 aromatic rings. The molecule has 15 heavy (non-hydrogen) atoms. The van der Waals surface area contributed by atoms with Gasteiger partial charge in [-0.05, 0) is 24.6 Å². The Morgan fingerprint density at radius 3 is 2.33 bits per heavy atom. The van der Waals surface area contributed by atoms with Crippen LogP contribution in [0.2, 0.25) is 5.02 Å². The van der Waals surface area contributed by atoms with Crippen molar-refractivity contribution in [3.63, 3.8) is 0 Å². The molecule has 0 unspecified atom stereocenters. The Bertz CT molecular complexity index is 349. The van der Waals surface area contributed by atoms with Gasteiger partial charge in [-0.3, -0.25) is 0 Å². The summed E-state index contributed by atoms with van der Waals surface area (Å²) in [6.07, 6.45) is 0.202. The van der Waals surface area contributed by atoms with E-state index in [9.17, 15) is 5.11 Å². The third-order valence-corrected chi connectivity index (χ3v) is 3.66. The zero-order chi connectivity index (χ0) is 11.1. The predicted molar refractivity (Wildman–Crippen MR) is 59.9 cm³/mol. The van der Waals surface area contributed by atoms with Crippen molar-refractivity contribution in [1.82, 2.24) is 0 Å². The number of aliphatic hydroxyl groups excluding tert-OH is 1. The van der Waals surface area contributed by atoms with E-state index < -0.39 is 5.60 Å². The summed E-state index contributed by atoms with van der Waals surface area (Å²) in [4.78, 5) is 0. The van der Waals surface area contributed by atoms with E-state index >= 15 is 0 Å². The summed E-state index contributed by atoms with van der Waals surface area (Å²) < 4.78 is 5.72. The molecule has 0 saturated carbocycles. The van der Waals surface area contributed by atoms with Crippen LogP contribution in [0.1, 0.15) is 19.4 Å². The standard InChI is InChI=1S/C12H15ClO2/c1-8-9(2)15-12(8,7-14)10-3-5-11(13)6-4-10/h3-6,8-9,14H,7H2,1-2H3/t8-,9-,12-/m1/s1. The number of hydrogen-bond acceptors (Lipinski definition) is 2. The Labute approximate surface area is 94.8 Å². The van der Waals surface area contributed by atoms with Gasteiger partial charge in [0.25, 0.3) is 0 Å². The van der Waals surface area contributed by atoms with Crippen LogP contribution in [0.15, 0.2) is 24.3 Å². The maximum absolute atomic E-state index is 9.49. The fourth-order valence-corrected chi connectivity index (χ4v) is 2.31. The number of halogens is 1. The smallest absolute Gasteiger partial charge is 0.121 e. The average Bonchev–Trinajstić information content (AvgIpc) is 2.26. The van der Waals surface area contributed by atoms with Gasteiger partial charge in [0.2, 0.25) is 0 Å². The summed E-state index contributed by atoms with van der Waals surface area (Å²) >= 11 is 5.83. The van der Waals surface area contributed by atoms with E-state index in [2.05, 4.69) is 6.92 Å². The van der Waals surface area contributed by atoms with Crippen molar-refractivity contribution >= 4 is 11.6 Å². The molecule has 0 aliphatic carbocycles. The average molecular weight is 227 g/mol. The second-order valence-corrected chi connectivity index (χ2v) is 4.60. The van der Waals surface area contributed by atoms with Gasteiger partial charge in [0.1, 0.15) is 5.60 Å². The lowest BCUT2D eigenvalue weighted by Gasteiger charge is -2.52. The van der Waals surface area contributed by atoms with Crippen molar-refractivity contribution in [2.75, 3.05) is 6.61 Å². The minimum absolute atomic E-state index is 0.0140. The number of hydrogen-bond donors (Lipinski definition) is 1. The Morgan fingerprint density at radius 1 is 1.33 bits per heavy atom. The maximum Gasteiger partial charge on any atom is 0.121 e. The highest BCUT2D eigenvalue weighted by Gasteiger charge is 2.51. The highest BCUT2D eigenvalue weighted by atomic mass is 35.5. The minimum atomic E-state index is -0.524. The number of benzene rings is 1. The molecule has 1 aliphatic rings. The van der Waals surface area contributed by atoms with E-state index in [4.69, 9.17) is 16.3 Å². The van der Waals surface area contributed by atoms with Crippen LogP contribution in [-0.2, 0) is 10.3 Å². The number of ether oxygens (including phenoxy) is 1. The van der Waals surface area contributed by atoms with Crippen LogP contribution in [0.3, 0.4) is 0 Å². The molecular weight excluding hydrogens is 212 g/mol. The Kier molecular flexibility index (Phi) is 2.75. The molecule has 0 bridgehead atoms. The fourth-order valence-electron chi connectivity index (χ4n) is 2.18. The SMILES string of the molecule is C[C@@H]1[C@@H](C)O[C@@]1(CO)c1ccc(Cl)cc1. The number of rotatable bonds is 2. The minimum Gasteiger partial charge on any atom is -0.393 e. The van der Waals surface area contributed by atoms with Gasteiger partial charge in [-0.1, -0.05) is 30.7 Å². The summed E-state index contributed by atoms with van der Waals surface area (Å²) in [5, 5.41) is 10.2. The summed E-state index contributed by atoms with van der Waals surface area (Å²) in [7, 11) is 0. The first-order chi connectivity index (χ1) is 7.10. The van der Waals surface area contributed by atoms with Crippen LogP contribution in [0.25, 0.3) is 0 Å². The van der Waals surface area contributed by atoms with E-state index in [0.717, 1.165) is 5.56 Å². The van der Waals surface area contributed by atoms with Crippen molar-refractivity contribution in [1.29, 1.82) is 0 Å². The zero-order valence-electron chi connectivity index (χ0n) is 8.90. The van der Waals surface area contributed by atoms with Crippen molar-refractivity contribution < 1.29 is 9.84 Å². The third kappa shape index (κ3) is 1.57. The first-order valence-electron chi connectivity index (χ1n) is 5.15. The van der Waals surface area contributed by atoms with Crippen LogP contribution in [0, 0.1) is 5.92 Å². The van der Waals surface area contributed by atoms with E-state index in [1.54, 1.807) is 0 Å². The Morgan fingerprint density at radius 2 is 1.93 bits per heavy atom. The van der Waals surface area contributed by atoms with Crippen LogP contribution in [0.5, 0.6) is 0 Å². The summed E-state index contributed by atoms with van der Waals surface area (Å²) in [5.74, 6) is 0.323. The Balaban J connectivity index is 2.32. The van der Waals surface area contributed by atoms with Gasteiger partial charge in [0, 0.05) is 10.9 Å². The fraction of sp³-hybridized carbons (Fsp3) is 0.500. The molecule has 1 heterocycles. The summed E-state index contributed by atoms with van der Waals surface area (Å²) in [6, 6.07) is 7.49. The van der Waals surface area contributed by atoms with Crippen LogP contribution in [-0.4, -0.2) is 17.8 Å². The summed E-state index contributed by atoms with van der Waals surface area (Å²) in [5.41, 5.74) is 0.476. The molecule has 0 aromatic heterocycles. The van der Waals surface area contributed by atoms with Gasteiger partial charge in [-0.2, -0.15) is 0 Å². The van der Waals surface area contributed by atoms with E-state index in [1.165, 1.54) is 0 Å². The molecule has 3 heteroatoms. The molecular formula is C12H15ClO2. The summed E-state index contributed by atoms with van der Waals surface area (Å²) in [6.45, 7) is 4.13. The molecule has 0 radical (unpaired) electrons. The van der Waals surface area contributed by atoms with Gasteiger partial charge < -0.3 is 9.84 Å². The van der Waals surface area contributed by atoms with Gasteiger partial charge >= 0.3 is 0 Å². The zero-order valence-corrected chi connectivity index (χ0v) is 9.66. The highest BCUT2D eigenvalue weighted by Crippen LogP contribution is 2.46. The predicted octanol–water partition coefficient (Wildman–Crippen LogP) is 2.58. The quantitative estimate of drug-likeness (QED) is 0.840. The lowest BCUT2D eigenvalue weighted by atomic mass is 9.74. The van der Waals surface area contributed by atoms with Crippen molar-refractivity contribution in [2.24, 2.45) is 5.92 Å². The second-order valence-electron chi connectivity index (χ2n) is 4.17. The molecule has 1 fully saturated rings.